The number of carbonyl (C=O) groups excluding carboxylic acids is 2. The molecule has 0 spiro atoms. The average molecular weight is 285 g/mol. The van der Waals surface area contributed by atoms with Crippen molar-refractivity contribution in [3.8, 4) is 0 Å². The summed E-state index contributed by atoms with van der Waals surface area (Å²) in [6, 6.07) is 13.1. The van der Waals surface area contributed by atoms with E-state index in [9.17, 15) is 9.59 Å². The molecule has 0 aliphatic carbocycles. The molecule has 0 saturated heterocycles. The summed E-state index contributed by atoms with van der Waals surface area (Å²) < 4.78 is 4.99. The van der Waals surface area contributed by atoms with E-state index in [4.69, 9.17) is 4.42 Å². The smallest absolute Gasteiger partial charge is 0.329 e. The maximum absolute atomic E-state index is 11.5. The largest absolute Gasteiger partial charge is 0.463 e. The van der Waals surface area contributed by atoms with Gasteiger partial charge in [-0.15, -0.1) is 0 Å². The highest BCUT2D eigenvalue weighted by atomic mass is 16.3. The van der Waals surface area contributed by atoms with Gasteiger partial charge in [0.05, 0.1) is 12.5 Å². The summed E-state index contributed by atoms with van der Waals surface area (Å²) in [7, 11) is 0. The van der Waals surface area contributed by atoms with Crippen LogP contribution in [0.3, 0.4) is 0 Å². The van der Waals surface area contributed by atoms with Crippen LogP contribution in [0, 0.1) is 0 Å². The first-order chi connectivity index (χ1) is 10.3. The van der Waals surface area contributed by atoms with Gasteiger partial charge < -0.3 is 9.73 Å². The molecule has 0 aliphatic rings. The summed E-state index contributed by atoms with van der Waals surface area (Å²) in [6.45, 7) is 0.387. The molecule has 2 amide bonds. The van der Waals surface area contributed by atoms with Gasteiger partial charge in [-0.2, -0.15) is 5.10 Å². The monoisotopic (exact) mass is 285 g/mol. The van der Waals surface area contributed by atoms with Crippen molar-refractivity contribution >= 4 is 18.0 Å². The lowest BCUT2D eigenvalue weighted by Crippen LogP contribution is -2.38. The number of amides is 2. The number of carbonyl (C=O) groups is 2. The van der Waals surface area contributed by atoms with Gasteiger partial charge in [0.15, 0.2) is 0 Å². The van der Waals surface area contributed by atoms with Crippen molar-refractivity contribution in [3.63, 3.8) is 0 Å². The van der Waals surface area contributed by atoms with Crippen LogP contribution in [0.4, 0.5) is 0 Å². The topological polar surface area (TPSA) is 83.7 Å². The Kier molecular flexibility index (Phi) is 5.28. The van der Waals surface area contributed by atoms with Gasteiger partial charge in [0, 0.05) is 6.54 Å². The van der Waals surface area contributed by atoms with Gasteiger partial charge in [0.2, 0.25) is 0 Å². The van der Waals surface area contributed by atoms with E-state index < -0.39 is 11.8 Å². The second-order valence-electron chi connectivity index (χ2n) is 4.21. The lowest BCUT2D eigenvalue weighted by atomic mass is 10.1. The summed E-state index contributed by atoms with van der Waals surface area (Å²) >= 11 is 0. The molecule has 0 fully saturated rings. The molecule has 6 heteroatoms. The zero-order chi connectivity index (χ0) is 14.9. The maximum atomic E-state index is 11.5. The Hall–Kier alpha value is -2.89. The fourth-order valence-electron chi connectivity index (χ4n) is 1.62. The quantitative estimate of drug-likeness (QED) is 0.490. The van der Waals surface area contributed by atoms with Gasteiger partial charge in [0.1, 0.15) is 5.76 Å². The average Bonchev–Trinajstić information content (AvgIpc) is 3.01. The van der Waals surface area contributed by atoms with Gasteiger partial charge in [-0.3, -0.25) is 9.59 Å². The molecule has 0 atom stereocenters. The normalized spacial score (nSPS) is 10.5. The van der Waals surface area contributed by atoms with Gasteiger partial charge >= 0.3 is 11.8 Å². The van der Waals surface area contributed by atoms with Crippen molar-refractivity contribution in [1.82, 2.24) is 10.7 Å². The minimum Gasteiger partial charge on any atom is -0.463 e. The number of rotatable bonds is 5. The van der Waals surface area contributed by atoms with Crippen molar-refractivity contribution in [1.29, 1.82) is 0 Å². The molecule has 108 valence electrons. The Labute approximate surface area is 121 Å². The molecule has 2 aromatic rings. The number of benzene rings is 1. The zero-order valence-electron chi connectivity index (χ0n) is 11.3. The Morgan fingerprint density at radius 1 is 1.10 bits per heavy atom. The first-order valence-corrected chi connectivity index (χ1v) is 6.44. The van der Waals surface area contributed by atoms with Crippen LogP contribution >= 0.6 is 0 Å². The summed E-state index contributed by atoms with van der Waals surface area (Å²) in [4.78, 5) is 23.0. The molecular formula is C15H15N3O3. The molecule has 21 heavy (non-hydrogen) atoms. The van der Waals surface area contributed by atoms with Crippen molar-refractivity contribution in [2.45, 2.75) is 6.42 Å². The molecular weight excluding hydrogens is 270 g/mol. The molecule has 0 radical (unpaired) electrons. The molecule has 2 rings (SSSR count). The van der Waals surface area contributed by atoms with E-state index in [0.717, 1.165) is 5.56 Å². The van der Waals surface area contributed by atoms with Crippen molar-refractivity contribution in [2.75, 3.05) is 6.54 Å². The summed E-state index contributed by atoms with van der Waals surface area (Å²) in [6.07, 6.45) is 3.46. The van der Waals surface area contributed by atoms with E-state index in [-0.39, 0.29) is 0 Å². The molecule has 1 aromatic carbocycles. The van der Waals surface area contributed by atoms with E-state index in [0.29, 0.717) is 18.7 Å². The zero-order valence-corrected chi connectivity index (χ0v) is 11.3. The predicted octanol–water partition coefficient (Wildman–Crippen LogP) is 1.09. The number of hydrogen-bond acceptors (Lipinski definition) is 4. The van der Waals surface area contributed by atoms with Gasteiger partial charge in [-0.1, -0.05) is 30.3 Å². The van der Waals surface area contributed by atoms with Crippen LogP contribution in [0.25, 0.3) is 0 Å². The molecule has 0 unspecified atom stereocenters. The first-order valence-electron chi connectivity index (χ1n) is 6.44. The molecule has 0 aliphatic heterocycles. The van der Waals surface area contributed by atoms with Crippen molar-refractivity contribution < 1.29 is 14.0 Å². The lowest BCUT2D eigenvalue weighted by Gasteiger charge is -2.03. The van der Waals surface area contributed by atoms with Crippen LogP contribution in [-0.2, 0) is 16.0 Å². The highest BCUT2D eigenvalue weighted by molar-refractivity contribution is 6.35. The van der Waals surface area contributed by atoms with E-state index in [1.165, 1.54) is 12.5 Å². The van der Waals surface area contributed by atoms with Gasteiger partial charge in [-0.25, -0.2) is 5.43 Å². The molecule has 6 nitrogen and oxygen atoms in total. The van der Waals surface area contributed by atoms with Crippen molar-refractivity contribution in [3.05, 3.63) is 60.1 Å². The first kappa shape index (κ1) is 14.5. The van der Waals surface area contributed by atoms with E-state index in [1.54, 1.807) is 12.1 Å². The Bertz CT molecular complexity index is 606. The van der Waals surface area contributed by atoms with Crippen LogP contribution in [0.2, 0.25) is 0 Å². The van der Waals surface area contributed by atoms with Crippen LogP contribution in [-0.4, -0.2) is 24.6 Å². The molecule has 1 aromatic heterocycles. The lowest BCUT2D eigenvalue weighted by molar-refractivity contribution is -0.139. The second-order valence-corrected chi connectivity index (χ2v) is 4.21. The third-order valence-corrected chi connectivity index (χ3v) is 2.65. The Morgan fingerprint density at radius 3 is 2.62 bits per heavy atom. The Balaban J connectivity index is 1.69. The molecule has 2 N–H and O–H groups in total. The number of nitrogens with one attached hydrogen (secondary N) is 2. The number of hydrogen-bond donors (Lipinski definition) is 2. The molecule has 1 heterocycles. The fraction of sp³-hybridized carbons (Fsp3) is 0.133. The minimum absolute atomic E-state index is 0.387. The molecule has 0 saturated carbocycles. The summed E-state index contributed by atoms with van der Waals surface area (Å²) in [5.74, 6) is -1.05. The SMILES string of the molecule is O=C(NCCc1ccccc1)C(=O)N/N=C/c1ccco1. The Morgan fingerprint density at radius 2 is 1.90 bits per heavy atom. The maximum Gasteiger partial charge on any atom is 0.329 e. The van der Waals surface area contributed by atoms with Crippen LogP contribution < -0.4 is 10.7 Å². The third-order valence-electron chi connectivity index (χ3n) is 2.65. The molecule has 0 bridgehead atoms. The fourth-order valence-corrected chi connectivity index (χ4v) is 1.62. The second kappa shape index (κ2) is 7.64. The minimum atomic E-state index is -0.814. The third kappa shape index (κ3) is 4.94. The highest BCUT2D eigenvalue weighted by Crippen LogP contribution is 1.98. The highest BCUT2D eigenvalue weighted by Gasteiger charge is 2.11. The van der Waals surface area contributed by atoms with Crippen molar-refractivity contribution in [2.24, 2.45) is 5.10 Å². The van der Waals surface area contributed by atoms with Gasteiger partial charge in [0.25, 0.3) is 0 Å². The van der Waals surface area contributed by atoms with Gasteiger partial charge in [-0.05, 0) is 24.1 Å². The number of hydrazone groups is 1. The van der Waals surface area contributed by atoms with E-state index in [1.807, 2.05) is 30.3 Å². The summed E-state index contributed by atoms with van der Waals surface area (Å²) in [5, 5.41) is 6.15. The standard InChI is InChI=1S/C15H15N3O3/c19-14(16-9-8-12-5-2-1-3-6-12)15(20)18-17-11-13-7-4-10-21-13/h1-7,10-11H,8-9H2,(H,16,19)(H,18,20)/b17-11+. The van der Waals surface area contributed by atoms with E-state index >= 15 is 0 Å². The number of furan rings is 1. The van der Waals surface area contributed by atoms with Crippen LogP contribution in [0.15, 0.2) is 58.2 Å². The van der Waals surface area contributed by atoms with Crippen LogP contribution in [0.5, 0.6) is 0 Å². The van der Waals surface area contributed by atoms with E-state index in [2.05, 4.69) is 15.8 Å². The predicted molar refractivity (Wildman–Crippen MR) is 77.6 cm³/mol. The van der Waals surface area contributed by atoms with Crippen LogP contribution in [0.1, 0.15) is 11.3 Å². The number of nitrogens with zero attached hydrogens (tertiary/aromatic N) is 1. The summed E-state index contributed by atoms with van der Waals surface area (Å²) in [5.41, 5.74) is 3.22.